The first kappa shape index (κ1) is 17.9. The van der Waals surface area contributed by atoms with E-state index in [1.807, 2.05) is 50.3 Å². The van der Waals surface area contributed by atoms with E-state index in [2.05, 4.69) is 10.3 Å². The maximum atomic E-state index is 12.3. The molecule has 2 aliphatic rings. The lowest BCUT2D eigenvalue weighted by Crippen LogP contribution is -2.33. The summed E-state index contributed by atoms with van der Waals surface area (Å²) < 4.78 is 5.40. The van der Waals surface area contributed by atoms with Crippen LogP contribution in [0.3, 0.4) is 0 Å². The second-order valence-corrected chi connectivity index (χ2v) is 6.18. The lowest BCUT2D eigenvalue weighted by molar-refractivity contribution is -0.117. The van der Waals surface area contributed by atoms with E-state index in [0.29, 0.717) is 12.3 Å². The standard InChI is InChI=1S/C21H22N2O3/c1-3-15-12-21(25)23-19-13-16(7-10-18(15)19)22-20(24)11-14-5-8-17(9-6-14)26-4-2/h5-10,12-13,18H,3-4,11H2,1-2H3,(H,23,25). The minimum atomic E-state index is -0.225. The van der Waals surface area contributed by atoms with Crippen molar-refractivity contribution >= 4 is 17.5 Å². The van der Waals surface area contributed by atoms with Crippen LogP contribution in [0.25, 0.3) is 0 Å². The molecule has 1 N–H and O–H groups in total. The van der Waals surface area contributed by atoms with Crippen molar-refractivity contribution in [3.8, 4) is 5.75 Å². The average Bonchev–Trinajstić information content (AvgIpc) is 2.62. The summed E-state index contributed by atoms with van der Waals surface area (Å²) in [5, 5.41) is 2.84. The summed E-state index contributed by atoms with van der Waals surface area (Å²) in [5.74, 6) is 0.504. The van der Waals surface area contributed by atoms with Gasteiger partial charge in [0.15, 0.2) is 0 Å². The Morgan fingerprint density at radius 3 is 2.65 bits per heavy atom. The zero-order chi connectivity index (χ0) is 18.5. The molecule has 1 aliphatic carbocycles. The van der Waals surface area contributed by atoms with Crippen molar-refractivity contribution < 1.29 is 14.3 Å². The van der Waals surface area contributed by atoms with Gasteiger partial charge >= 0.3 is 0 Å². The van der Waals surface area contributed by atoms with Crippen LogP contribution in [0.5, 0.6) is 5.75 Å². The molecule has 1 aromatic rings. The van der Waals surface area contributed by atoms with E-state index in [1.54, 1.807) is 12.2 Å². The van der Waals surface area contributed by atoms with Gasteiger partial charge < -0.3 is 10.1 Å². The maximum absolute atomic E-state index is 12.3. The Kier molecular flexibility index (Phi) is 5.46. The van der Waals surface area contributed by atoms with Crippen LogP contribution in [0.2, 0.25) is 0 Å². The van der Waals surface area contributed by atoms with Crippen molar-refractivity contribution in [2.24, 2.45) is 10.9 Å². The summed E-state index contributed by atoms with van der Waals surface area (Å²) in [5.41, 5.74) is 3.29. The second kappa shape index (κ2) is 7.95. The fourth-order valence-corrected chi connectivity index (χ4v) is 3.09. The number of carbonyl (C=O) groups is 2. The Bertz CT molecular complexity index is 829. The van der Waals surface area contributed by atoms with Crippen LogP contribution in [0.15, 0.2) is 64.8 Å². The third kappa shape index (κ3) is 4.17. The van der Waals surface area contributed by atoms with E-state index < -0.39 is 0 Å². The van der Waals surface area contributed by atoms with Gasteiger partial charge in [0, 0.05) is 17.7 Å². The molecule has 0 spiro atoms. The lowest BCUT2D eigenvalue weighted by atomic mass is 9.86. The van der Waals surface area contributed by atoms with Gasteiger partial charge in [-0.1, -0.05) is 30.7 Å². The number of hydrogen-bond acceptors (Lipinski definition) is 3. The number of allylic oxidation sites excluding steroid dienone is 3. The second-order valence-electron chi connectivity index (χ2n) is 6.18. The highest BCUT2D eigenvalue weighted by Gasteiger charge is 2.25. The highest BCUT2D eigenvalue weighted by molar-refractivity contribution is 6.11. The molecule has 1 aromatic carbocycles. The number of amides is 2. The predicted octanol–water partition coefficient (Wildman–Crippen LogP) is 3.13. The molecule has 0 radical (unpaired) electrons. The molecular formula is C21H22N2O3. The van der Waals surface area contributed by atoms with Crippen LogP contribution < -0.4 is 10.1 Å². The third-order valence-electron chi connectivity index (χ3n) is 4.33. The van der Waals surface area contributed by atoms with Crippen molar-refractivity contribution in [2.45, 2.75) is 26.7 Å². The summed E-state index contributed by atoms with van der Waals surface area (Å²) in [6.07, 6.45) is 8.27. The fraction of sp³-hybridized carbons (Fsp3) is 0.286. The Balaban J connectivity index is 1.69. The molecule has 0 saturated carbocycles. The van der Waals surface area contributed by atoms with E-state index in [1.165, 1.54) is 0 Å². The number of benzene rings is 1. The molecule has 3 rings (SSSR count). The minimum absolute atomic E-state index is 0.0675. The van der Waals surface area contributed by atoms with E-state index in [0.717, 1.165) is 29.0 Å². The van der Waals surface area contributed by atoms with Crippen LogP contribution >= 0.6 is 0 Å². The summed E-state index contributed by atoms with van der Waals surface area (Å²) in [6, 6.07) is 7.44. The number of rotatable bonds is 5. The SMILES string of the molecule is CCOc1ccc(CC(=O)N=C2C=CC3C(CC)=CC(=O)NC3=C2)cc1. The summed E-state index contributed by atoms with van der Waals surface area (Å²) in [6.45, 7) is 4.57. The molecule has 5 heteroatoms. The Morgan fingerprint density at radius 2 is 1.96 bits per heavy atom. The van der Waals surface area contributed by atoms with E-state index in [9.17, 15) is 9.59 Å². The molecular weight excluding hydrogens is 328 g/mol. The Labute approximate surface area is 153 Å². The van der Waals surface area contributed by atoms with Crippen molar-refractivity contribution in [3.05, 3.63) is 65.4 Å². The quantitative estimate of drug-likeness (QED) is 0.887. The molecule has 1 heterocycles. The van der Waals surface area contributed by atoms with E-state index in [4.69, 9.17) is 4.74 Å². The third-order valence-corrected chi connectivity index (χ3v) is 4.33. The van der Waals surface area contributed by atoms with Crippen LogP contribution in [0.1, 0.15) is 25.8 Å². The number of hydrogen-bond donors (Lipinski definition) is 1. The largest absolute Gasteiger partial charge is 0.494 e. The summed E-state index contributed by atoms with van der Waals surface area (Å²) >= 11 is 0. The van der Waals surface area contributed by atoms with Crippen LogP contribution in [0, 0.1) is 5.92 Å². The van der Waals surface area contributed by atoms with Gasteiger partial charge in [-0.05, 0) is 43.2 Å². The van der Waals surface area contributed by atoms with Gasteiger partial charge in [-0.2, -0.15) is 0 Å². The molecule has 2 amide bonds. The van der Waals surface area contributed by atoms with Crippen molar-refractivity contribution in [2.75, 3.05) is 6.61 Å². The molecule has 1 atom stereocenters. The smallest absolute Gasteiger partial charge is 0.250 e. The number of aliphatic imine (C=N–C) groups is 1. The molecule has 5 nitrogen and oxygen atoms in total. The molecule has 0 bridgehead atoms. The number of carbonyl (C=O) groups excluding carboxylic acids is 2. The highest BCUT2D eigenvalue weighted by Crippen LogP contribution is 2.28. The van der Waals surface area contributed by atoms with E-state index in [-0.39, 0.29) is 24.2 Å². The first-order chi connectivity index (χ1) is 12.6. The summed E-state index contributed by atoms with van der Waals surface area (Å²) in [4.78, 5) is 28.2. The van der Waals surface area contributed by atoms with Crippen LogP contribution in [-0.4, -0.2) is 24.1 Å². The predicted molar refractivity (Wildman–Crippen MR) is 101 cm³/mol. The molecule has 0 aromatic heterocycles. The Hall–Kier alpha value is -2.95. The summed E-state index contributed by atoms with van der Waals surface area (Å²) in [7, 11) is 0. The van der Waals surface area contributed by atoms with Crippen LogP contribution in [0.4, 0.5) is 0 Å². The highest BCUT2D eigenvalue weighted by atomic mass is 16.5. The van der Waals surface area contributed by atoms with Gasteiger partial charge in [0.05, 0.1) is 18.7 Å². The van der Waals surface area contributed by atoms with Gasteiger partial charge in [-0.15, -0.1) is 0 Å². The van der Waals surface area contributed by atoms with Crippen molar-refractivity contribution in [1.29, 1.82) is 0 Å². The van der Waals surface area contributed by atoms with Gasteiger partial charge in [0.1, 0.15) is 5.75 Å². The van der Waals surface area contributed by atoms with Gasteiger partial charge in [-0.3, -0.25) is 9.59 Å². The topological polar surface area (TPSA) is 67.8 Å². The monoisotopic (exact) mass is 350 g/mol. The first-order valence-corrected chi connectivity index (χ1v) is 8.83. The van der Waals surface area contributed by atoms with Gasteiger partial charge in [-0.25, -0.2) is 4.99 Å². The molecule has 1 unspecified atom stereocenters. The molecule has 1 aliphatic heterocycles. The zero-order valence-electron chi connectivity index (χ0n) is 15.0. The van der Waals surface area contributed by atoms with Gasteiger partial charge in [0.25, 0.3) is 5.91 Å². The molecule has 0 saturated heterocycles. The number of nitrogens with one attached hydrogen (secondary N) is 1. The first-order valence-electron chi connectivity index (χ1n) is 8.83. The number of ether oxygens (including phenoxy) is 1. The normalized spacial score (nSPS) is 20.2. The molecule has 134 valence electrons. The molecule has 0 fully saturated rings. The lowest BCUT2D eigenvalue weighted by Gasteiger charge is -2.26. The van der Waals surface area contributed by atoms with Crippen molar-refractivity contribution in [3.63, 3.8) is 0 Å². The number of fused-ring (bicyclic) bond motifs is 1. The van der Waals surface area contributed by atoms with Crippen molar-refractivity contribution in [1.82, 2.24) is 5.32 Å². The molecule has 26 heavy (non-hydrogen) atoms. The Morgan fingerprint density at radius 1 is 1.19 bits per heavy atom. The number of nitrogens with zero attached hydrogens (tertiary/aromatic N) is 1. The zero-order valence-corrected chi connectivity index (χ0v) is 15.0. The minimum Gasteiger partial charge on any atom is -0.494 e. The van der Waals surface area contributed by atoms with E-state index >= 15 is 0 Å². The average molecular weight is 350 g/mol. The maximum Gasteiger partial charge on any atom is 0.250 e. The fourth-order valence-electron chi connectivity index (χ4n) is 3.09. The van der Waals surface area contributed by atoms with Crippen LogP contribution in [-0.2, 0) is 16.0 Å². The van der Waals surface area contributed by atoms with Gasteiger partial charge in [0.2, 0.25) is 5.91 Å².